The van der Waals surface area contributed by atoms with Crippen LogP contribution < -0.4 is 4.72 Å². The highest BCUT2D eigenvalue weighted by Gasteiger charge is 2.23. The van der Waals surface area contributed by atoms with Crippen LogP contribution in [0.5, 0.6) is 0 Å². The van der Waals surface area contributed by atoms with Crippen LogP contribution in [0, 0.1) is 6.92 Å². The van der Waals surface area contributed by atoms with E-state index in [1.807, 2.05) is 0 Å². The topological polar surface area (TPSA) is 96.6 Å². The van der Waals surface area contributed by atoms with Crippen molar-refractivity contribution in [2.45, 2.75) is 12.0 Å². The van der Waals surface area contributed by atoms with Crippen LogP contribution in [0.4, 0.5) is 5.69 Å². The van der Waals surface area contributed by atoms with E-state index < -0.39 is 26.8 Å². The van der Waals surface area contributed by atoms with E-state index in [1.165, 1.54) is 6.07 Å². The Morgan fingerprint density at radius 1 is 1.24 bits per heavy atom. The van der Waals surface area contributed by atoms with Gasteiger partial charge in [0.2, 0.25) is 10.9 Å². The maximum Gasteiger partial charge on any atom is 0.371 e. The molecule has 0 radical (unpaired) electrons. The van der Waals surface area contributed by atoms with Crippen LogP contribution in [0.1, 0.15) is 16.1 Å². The first-order valence-corrected chi connectivity index (χ1v) is 7.77. The maximum absolute atomic E-state index is 12.1. The highest BCUT2D eigenvalue weighted by atomic mass is 35.5. The average Bonchev–Trinajstić information content (AvgIpc) is 2.90. The molecule has 0 saturated carbocycles. The molecular weight excluding hydrogens is 341 g/mol. The van der Waals surface area contributed by atoms with E-state index in [-0.39, 0.29) is 15.7 Å². The molecule has 1 heterocycles. The number of nitrogens with one attached hydrogen (secondary N) is 1. The van der Waals surface area contributed by atoms with Crippen molar-refractivity contribution in [1.29, 1.82) is 0 Å². The lowest BCUT2D eigenvalue weighted by Crippen LogP contribution is -2.13. The van der Waals surface area contributed by atoms with Crippen LogP contribution in [0.3, 0.4) is 0 Å². The molecule has 21 heavy (non-hydrogen) atoms. The minimum atomic E-state index is -4.14. The molecule has 0 aliphatic rings. The van der Waals surface area contributed by atoms with E-state index in [0.717, 1.165) is 12.1 Å². The number of sulfonamides is 1. The maximum atomic E-state index is 12.1. The Labute approximate surface area is 130 Å². The lowest BCUT2D eigenvalue weighted by atomic mass is 10.2. The number of rotatable bonds is 4. The zero-order valence-corrected chi connectivity index (χ0v) is 12.9. The first kappa shape index (κ1) is 15.7. The van der Waals surface area contributed by atoms with Gasteiger partial charge in [-0.3, -0.25) is 4.72 Å². The highest BCUT2D eigenvalue weighted by Crippen LogP contribution is 2.34. The predicted octanol–water partition coefficient (Wildman–Crippen LogP) is 3.39. The Morgan fingerprint density at radius 3 is 2.48 bits per heavy atom. The van der Waals surface area contributed by atoms with Gasteiger partial charge in [-0.15, -0.1) is 0 Å². The third-order valence-electron chi connectivity index (χ3n) is 2.58. The first-order valence-electron chi connectivity index (χ1n) is 5.53. The van der Waals surface area contributed by atoms with Crippen molar-refractivity contribution in [3.8, 4) is 0 Å². The van der Waals surface area contributed by atoms with E-state index in [4.69, 9.17) is 32.7 Å². The minimum Gasteiger partial charge on any atom is -0.475 e. The van der Waals surface area contributed by atoms with Crippen molar-refractivity contribution >= 4 is 44.9 Å². The van der Waals surface area contributed by atoms with Crippen molar-refractivity contribution in [2.75, 3.05) is 4.72 Å². The van der Waals surface area contributed by atoms with Gasteiger partial charge < -0.3 is 9.52 Å². The van der Waals surface area contributed by atoms with Gasteiger partial charge in [0, 0.05) is 0 Å². The summed E-state index contributed by atoms with van der Waals surface area (Å²) in [4.78, 5) is 10.7. The van der Waals surface area contributed by atoms with E-state index in [9.17, 15) is 13.2 Å². The Bertz CT molecular complexity index is 813. The number of hydrogen-bond donors (Lipinski definition) is 2. The molecule has 0 aliphatic heterocycles. The summed E-state index contributed by atoms with van der Waals surface area (Å²) in [5.74, 6) is -1.86. The van der Waals surface area contributed by atoms with Crippen LogP contribution >= 0.6 is 23.2 Å². The number of carboxylic acid groups (broad SMARTS) is 1. The largest absolute Gasteiger partial charge is 0.475 e. The van der Waals surface area contributed by atoms with Crippen LogP contribution in [0.2, 0.25) is 10.0 Å². The van der Waals surface area contributed by atoms with Crippen molar-refractivity contribution < 1.29 is 22.7 Å². The first-order chi connectivity index (χ1) is 9.72. The molecule has 9 heteroatoms. The van der Waals surface area contributed by atoms with E-state index in [1.54, 1.807) is 13.0 Å². The lowest BCUT2D eigenvalue weighted by molar-refractivity contribution is 0.0656. The Balaban J connectivity index is 2.42. The van der Waals surface area contributed by atoms with Gasteiger partial charge in [0.15, 0.2) is 0 Å². The third kappa shape index (κ3) is 3.15. The van der Waals surface area contributed by atoms with Crippen LogP contribution in [-0.2, 0) is 10.0 Å². The molecule has 2 N–H and O–H groups in total. The van der Waals surface area contributed by atoms with E-state index >= 15 is 0 Å². The number of benzene rings is 1. The van der Waals surface area contributed by atoms with Gasteiger partial charge in [-0.25, -0.2) is 4.79 Å². The zero-order chi connectivity index (χ0) is 15.8. The summed E-state index contributed by atoms with van der Waals surface area (Å²) >= 11 is 11.9. The van der Waals surface area contributed by atoms with Crippen molar-refractivity contribution in [3.63, 3.8) is 0 Å². The van der Waals surface area contributed by atoms with Crippen molar-refractivity contribution in [2.24, 2.45) is 0 Å². The second-order valence-corrected chi connectivity index (χ2v) is 6.48. The molecular formula is C12H9Cl2NO5S. The number of aromatic carboxylic acids is 1. The average molecular weight is 350 g/mol. The second-order valence-electron chi connectivity index (χ2n) is 4.08. The van der Waals surface area contributed by atoms with E-state index in [0.29, 0.717) is 5.56 Å². The number of halogens is 2. The number of hydrogen-bond acceptors (Lipinski definition) is 4. The van der Waals surface area contributed by atoms with Gasteiger partial charge in [0.1, 0.15) is 0 Å². The molecule has 0 bridgehead atoms. The summed E-state index contributed by atoms with van der Waals surface area (Å²) in [6, 6.07) is 5.20. The molecule has 1 aromatic heterocycles. The monoisotopic (exact) mass is 349 g/mol. The summed E-state index contributed by atoms with van der Waals surface area (Å²) in [6.07, 6.45) is 0. The fraction of sp³-hybridized carbons (Fsp3) is 0.0833. The molecule has 2 rings (SSSR count). The smallest absolute Gasteiger partial charge is 0.371 e. The number of aryl methyl sites for hydroxylation is 1. The summed E-state index contributed by atoms with van der Waals surface area (Å²) in [7, 11) is -4.14. The number of carbonyl (C=O) groups is 1. The molecule has 0 atom stereocenters. The summed E-state index contributed by atoms with van der Waals surface area (Å²) < 4.78 is 31.2. The molecule has 6 nitrogen and oxygen atoms in total. The second kappa shape index (κ2) is 5.59. The predicted molar refractivity (Wildman–Crippen MR) is 77.7 cm³/mol. The van der Waals surface area contributed by atoms with Crippen molar-refractivity contribution in [1.82, 2.24) is 0 Å². The molecule has 0 aliphatic carbocycles. The fourth-order valence-electron chi connectivity index (χ4n) is 1.51. The van der Waals surface area contributed by atoms with Gasteiger partial charge in [0.05, 0.1) is 15.7 Å². The SMILES string of the molecule is Cc1ccc(Cl)c(NS(=O)(=O)c2ccc(C(=O)O)o2)c1Cl. The molecule has 0 spiro atoms. The quantitative estimate of drug-likeness (QED) is 0.881. The molecule has 0 unspecified atom stereocenters. The van der Waals surface area contributed by atoms with Gasteiger partial charge >= 0.3 is 5.97 Å². The number of furan rings is 1. The van der Waals surface area contributed by atoms with E-state index in [2.05, 4.69) is 4.72 Å². The van der Waals surface area contributed by atoms with Gasteiger partial charge in [-0.1, -0.05) is 29.3 Å². The van der Waals surface area contributed by atoms with Gasteiger partial charge in [-0.2, -0.15) is 8.42 Å². The van der Waals surface area contributed by atoms with Gasteiger partial charge in [0.25, 0.3) is 10.0 Å². The molecule has 2 aromatic rings. The standard InChI is InChI=1S/C12H9Cl2NO5S/c1-6-2-3-7(13)11(10(6)14)15-21(18,19)9-5-4-8(20-9)12(16)17/h2-5,15H,1H3,(H,16,17). The van der Waals surface area contributed by atoms with Gasteiger partial charge in [-0.05, 0) is 30.7 Å². The Morgan fingerprint density at radius 2 is 1.90 bits per heavy atom. The number of anilines is 1. The molecule has 0 amide bonds. The van der Waals surface area contributed by atoms with Crippen LogP contribution in [0.25, 0.3) is 0 Å². The van der Waals surface area contributed by atoms with Crippen LogP contribution in [-0.4, -0.2) is 19.5 Å². The Hall–Kier alpha value is -1.70. The Kier molecular flexibility index (Phi) is 4.18. The fourth-order valence-corrected chi connectivity index (χ4v) is 3.12. The molecule has 1 aromatic carbocycles. The highest BCUT2D eigenvalue weighted by molar-refractivity contribution is 7.92. The minimum absolute atomic E-state index is 0.00612. The molecule has 112 valence electrons. The summed E-state index contributed by atoms with van der Waals surface area (Å²) in [6.45, 7) is 1.69. The molecule has 0 saturated heterocycles. The van der Waals surface area contributed by atoms with Crippen LogP contribution in [0.15, 0.2) is 33.8 Å². The summed E-state index contributed by atoms with van der Waals surface area (Å²) in [5, 5.41) is 8.44. The lowest BCUT2D eigenvalue weighted by Gasteiger charge is -2.11. The molecule has 0 fully saturated rings. The third-order valence-corrected chi connectivity index (χ3v) is 4.60. The zero-order valence-electron chi connectivity index (χ0n) is 10.6. The number of carboxylic acids is 1. The summed E-state index contributed by atoms with van der Waals surface area (Å²) in [5.41, 5.74) is 0.635. The van der Waals surface area contributed by atoms with Crippen molar-refractivity contribution in [3.05, 3.63) is 45.6 Å². The normalized spacial score (nSPS) is 11.4.